The third-order valence-corrected chi connectivity index (χ3v) is 0.503. The lowest BCUT2D eigenvalue weighted by Crippen LogP contribution is -1.94. The van der Waals surface area contributed by atoms with Crippen LogP contribution in [0.15, 0.2) is 0 Å². The molecule has 7 heavy (non-hydrogen) atoms. The molecule has 0 radical (unpaired) electrons. The highest BCUT2D eigenvalue weighted by atomic mass is 19.1. The third-order valence-electron chi connectivity index (χ3n) is 0.503. The molecule has 0 bridgehead atoms. The zero-order valence-electron chi connectivity index (χ0n) is 3.69. The molecule has 1 atom stereocenters. The minimum Gasteiger partial charge on any atom is -0.251 e. The van der Waals surface area contributed by atoms with Crippen LogP contribution in [-0.2, 0) is 0 Å². The Morgan fingerprint density at radius 1 is 1.71 bits per heavy atom. The number of hydrogen-bond acceptors (Lipinski definition) is 1. The highest BCUT2D eigenvalue weighted by molar-refractivity contribution is 4.81. The normalized spacial score (nSPS) is 12.7. The second-order valence-electron chi connectivity index (χ2n) is 1.07. The SMILES string of the molecule is N#CC(F)CCF. The summed E-state index contributed by atoms with van der Waals surface area (Å²) < 4.78 is 22.6. The van der Waals surface area contributed by atoms with Gasteiger partial charge in [-0.2, -0.15) is 5.26 Å². The van der Waals surface area contributed by atoms with Crippen molar-refractivity contribution in [1.82, 2.24) is 0 Å². The van der Waals surface area contributed by atoms with Crippen molar-refractivity contribution in [3.8, 4) is 6.07 Å². The zero-order valence-corrected chi connectivity index (χ0v) is 3.69. The number of halogens is 2. The molecule has 0 rings (SSSR count). The Morgan fingerprint density at radius 2 is 2.29 bits per heavy atom. The molecule has 40 valence electrons. The van der Waals surface area contributed by atoms with Crippen molar-refractivity contribution in [2.75, 3.05) is 6.67 Å². The van der Waals surface area contributed by atoms with Crippen LogP contribution < -0.4 is 0 Å². The first kappa shape index (κ1) is 6.35. The lowest BCUT2D eigenvalue weighted by molar-refractivity contribution is 0.340. The van der Waals surface area contributed by atoms with E-state index in [1.807, 2.05) is 0 Å². The fourth-order valence-electron chi connectivity index (χ4n) is 0.160. The molecule has 0 aliphatic rings. The van der Waals surface area contributed by atoms with Crippen molar-refractivity contribution in [2.45, 2.75) is 12.6 Å². The molecule has 0 spiro atoms. The molecule has 0 aliphatic heterocycles. The van der Waals surface area contributed by atoms with Gasteiger partial charge in [-0.15, -0.1) is 0 Å². The highest BCUT2D eigenvalue weighted by Gasteiger charge is 1.99. The van der Waals surface area contributed by atoms with Crippen LogP contribution in [0.25, 0.3) is 0 Å². The molecule has 0 amide bonds. The summed E-state index contributed by atoms with van der Waals surface area (Å²) in [6.07, 6.45) is -1.92. The molecule has 0 aliphatic carbocycles. The summed E-state index contributed by atoms with van der Waals surface area (Å²) in [5.74, 6) is 0. The minimum atomic E-state index is -1.62. The average Bonchev–Trinajstić information content (AvgIpc) is 1.68. The summed E-state index contributed by atoms with van der Waals surface area (Å²) in [6.45, 7) is -0.755. The van der Waals surface area contributed by atoms with E-state index >= 15 is 0 Å². The monoisotopic (exact) mass is 105 g/mol. The van der Waals surface area contributed by atoms with Crippen molar-refractivity contribution in [2.24, 2.45) is 0 Å². The van der Waals surface area contributed by atoms with Crippen LogP contribution in [0.4, 0.5) is 8.78 Å². The Bertz CT molecular complexity index is 76.2. The van der Waals surface area contributed by atoms with E-state index < -0.39 is 12.8 Å². The van der Waals surface area contributed by atoms with Crippen LogP contribution in [0.1, 0.15) is 6.42 Å². The molecule has 0 saturated carbocycles. The molecule has 0 aromatic heterocycles. The van der Waals surface area contributed by atoms with E-state index in [0.29, 0.717) is 0 Å². The minimum absolute atomic E-state index is 0.295. The predicted octanol–water partition coefficient (Wildman–Crippen LogP) is 1.21. The molecule has 0 aromatic rings. The van der Waals surface area contributed by atoms with Crippen LogP contribution >= 0.6 is 0 Å². The average molecular weight is 105 g/mol. The van der Waals surface area contributed by atoms with Gasteiger partial charge in [-0.25, -0.2) is 4.39 Å². The van der Waals surface area contributed by atoms with Crippen molar-refractivity contribution < 1.29 is 8.78 Å². The number of nitrogens with zero attached hydrogens (tertiary/aromatic N) is 1. The molecule has 0 aromatic carbocycles. The Labute approximate surface area is 40.6 Å². The maximum Gasteiger partial charge on any atom is 0.188 e. The Balaban J connectivity index is 3.04. The van der Waals surface area contributed by atoms with Gasteiger partial charge in [0.15, 0.2) is 6.17 Å². The summed E-state index contributed by atoms with van der Waals surface area (Å²) >= 11 is 0. The lowest BCUT2D eigenvalue weighted by atomic mass is 10.3. The van der Waals surface area contributed by atoms with Gasteiger partial charge in [0.2, 0.25) is 0 Å². The maximum atomic E-state index is 11.5. The van der Waals surface area contributed by atoms with Crippen molar-refractivity contribution in [1.29, 1.82) is 5.26 Å². The van der Waals surface area contributed by atoms with Gasteiger partial charge in [0.1, 0.15) is 0 Å². The van der Waals surface area contributed by atoms with E-state index in [0.717, 1.165) is 0 Å². The second-order valence-corrected chi connectivity index (χ2v) is 1.07. The first-order valence-electron chi connectivity index (χ1n) is 1.91. The molecular weight excluding hydrogens is 100 g/mol. The molecule has 1 unspecified atom stereocenters. The first-order valence-corrected chi connectivity index (χ1v) is 1.91. The van der Waals surface area contributed by atoms with Gasteiger partial charge in [0.25, 0.3) is 0 Å². The Kier molecular flexibility index (Phi) is 3.21. The number of hydrogen-bond donors (Lipinski definition) is 0. The Hall–Kier alpha value is -0.650. The quantitative estimate of drug-likeness (QED) is 0.517. The largest absolute Gasteiger partial charge is 0.251 e. The molecule has 3 heteroatoms. The summed E-state index contributed by atoms with van der Waals surface area (Å²) in [5.41, 5.74) is 0. The predicted molar refractivity (Wildman–Crippen MR) is 21.1 cm³/mol. The second kappa shape index (κ2) is 3.54. The summed E-state index contributed by atoms with van der Waals surface area (Å²) in [7, 11) is 0. The van der Waals surface area contributed by atoms with Crippen LogP contribution in [0, 0.1) is 11.3 Å². The van der Waals surface area contributed by atoms with E-state index in [1.165, 1.54) is 6.07 Å². The smallest absolute Gasteiger partial charge is 0.188 e. The topological polar surface area (TPSA) is 23.8 Å². The molecule has 0 fully saturated rings. The first-order chi connectivity index (χ1) is 3.31. The van der Waals surface area contributed by atoms with E-state index in [2.05, 4.69) is 0 Å². The Morgan fingerprint density at radius 3 is 2.43 bits per heavy atom. The van der Waals surface area contributed by atoms with Crippen LogP contribution in [0.3, 0.4) is 0 Å². The summed E-state index contributed by atoms with van der Waals surface area (Å²) in [6, 6.07) is 1.26. The molecular formula is C4H5F2N. The molecule has 0 N–H and O–H groups in total. The molecule has 0 heterocycles. The van der Waals surface area contributed by atoms with E-state index in [1.54, 1.807) is 0 Å². The van der Waals surface area contributed by atoms with Crippen molar-refractivity contribution in [3.05, 3.63) is 0 Å². The maximum absolute atomic E-state index is 11.5. The van der Waals surface area contributed by atoms with Crippen molar-refractivity contribution >= 4 is 0 Å². The number of nitriles is 1. The van der Waals surface area contributed by atoms with Gasteiger partial charge in [-0.1, -0.05) is 0 Å². The zero-order chi connectivity index (χ0) is 5.70. The van der Waals surface area contributed by atoms with Gasteiger partial charge in [0.05, 0.1) is 12.7 Å². The van der Waals surface area contributed by atoms with E-state index in [9.17, 15) is 8.78 Å². The van der Waals surface area contributed by atoms with Gasteiger partial charge in [0, 0.05) is 6.42 Å². The van der Waals surface area contributed by atoms with Gasteiger partial charge in [-0.05, 0) is 0 Å². The fourth-order valence-corrected chi connectivity index (χ4v) is 0.160. The summed E-state index contributed by atoms with van der Waals surface area (Å²) in [5, 5.41) is 7.67. The highest BCUT2D eigenvalue weighted by Crippen LogP contribution is 1.93. The van der Waals surface area contributed by atoms with Crippen molar-refractivity contribution in [3.63, 3.8) is 0 Å². The van der Waals surface area contributed by atoms with Gasteiger partial charge >= 0.3 is 0 Å². The lowest BCUT2D eigenvalue weighted by Gasteiger charge is -1.87. The number of rotatable bonds is 2. The van der Waals surface area contributed by atoms with E-state index in [4.69, 9.17) is 5.26 Å². The number of alkyl halides is 2. The third kappa shape index (κ3) is 3.17. The van der Waals surface area contributed by atoms with Gasteiger partial charge < -0.3 is 0 Å². The molecule has 1 nitrogen and oxygen atoms in total. The van der Waals surface area contributed by atoms with E-state index in [-0.39, 0.29) is 6.42 Å². The van der Waals surface area contributed by atoms with Gasteiger partial charge in [-0.3, -0.25) is 4.39 Å². The van der Waals surface area contributed by atoms with Crippen LogP contribution in [0.2, 0.25) is 0 Å². The van der Waals surface area contributed by atoms with Crippen LogP contribution in [-0.4, -0.2) is 12.8 Å². The summed E-state index contributed by atoms with van der Waals surface area (Å²) in [4.78, 5) is 0. The standard InChI is InChI=1S/C4H5F2N/c5-2-1-4(6)3-7/h4H,1-2H2. The van der Waals surface area contributed by atoms with Crippen LogP contribution in [0.5, 0.6) is 0 Å². The fraction of sp³-hybridized carbons (Fsp3) is 0.750. The molecule has 0 saturated heterocycles.